The van der Waals surface area contributed by atoms with E-state index in [1.807, 2.05) is 113 Å². The molecule has 4 heteroatoms. The first-order valence-electron chi connectivity index (χ1n) is 10.5. The van der Waals surface area contributed by atoms with Crippen LogP contribution in [-0.2, 0) is 21.6 Å². The van der Waals surface area contributed by atoms with Gasteiger partial charge >= 0.3 is 0 Å². The first-order chi connectivity index (χ1) is 15.4. The molecule has 4 rings (SSSR count). The molecule has 0 fully saturated rings. The van der Waals surface area contributed by atoms with Crippen LogP contribution in [0.5, 0.6) is 0 Å². The highest BCUT2D eigenvalue weighted by atomic mass is 32.2. The molecule has 0 spiro atoms. The van der Waals surface area contributed by atoms with Crippen LogP contribution < -0.4 is 0 Å². The fraction of sp³-hybridized carbons (Fsp3) is 0.143. The third-order valence-electron chi connectivity index (χ3n) is 5.59. The fourth-order valence-corrected chi connectivity index (χ4v) is 6.38. The lowest BCUT2D eigenvalue weighted by Crippen LogP contribution is -2.03. The fourth-order valence-electron chi connectivity index (χ4n) is 3.81. The van der Waals surface area contributed by atoms with Gasteiger partial charge in [0.05, 0.1) is 31.4 Å². The molecule has 2 unspecified atom stereocenters. The van der Waals surface area contributed by atoms with Crippen molar-refractivity contribution in [2.24, 2.45) is 0 Å². The molecule has 0 N–H and O–H groups in total. The van der Waals surface area contributed by atoms with E-state index in [0.717, 1.165) is 53.0 Å². The van der Waals surface area contributed by atoms with E-state index in [1.165, 1.54) is 0 Å². The van der Waals surface area contributed by atoms with Gasteiger partial charge in [-0.25, -0.2) is 8.42 Å². The molecule has 4 aromatic rings. The van der Waals surface area contributed by atoms with E-state index >= 15 is 0 Å². The highest BCUT2D eigenvalue weighted by Crippen LogP contribution is 2.38. The number of hydrogen-bond donors (Lipinski definition) is 0. The first kappa shape index (κ1) is 22.4. The Kier molecular flexibility index (Phi) is 6.54. The highest BCUT2D eigenvalue weighted by molar-refractivity contribution is 7.85. The summed E-state index contributed by atoms with van der Waals surface area (Å²) in [6.45, 7) is 8.09. The Morgan fingerprint density at radius 2 is 0.812 bits per heavy atom. The van der Waals surface area contributed by atoms with Gasteiger partial charge in [0.2, 0.25) is 0 Å². The van der Waals surface area contributed by atoms with Crippen LogP contribution in [0.4, 0.5) is 0 Å². The van der Waals surface area contributed by atoms with Crippen LogP contribution in [0.1, 0.15) is 22.3 Å². The smallest absolute Gasteiger partial charge is 0.0856 e. The zero-order chi connectivity index (χ0) is 22.8. The van der Waals surface area contributed by atoms with E-state index < -0.39 is 21.6 Å². The summed E-state index contributed by atoms with van der Waals surface area (Å²) in [7, 11) is -2.71. The molecule has 0 amide bonds. The van der Waals surface area contributed by atoms with Crippen molar-refractivity contribution in [2.45, 2.75) is 47.3 Å². The van der Waals surface area contributed by atoms with Gasteiger partial charge in [0.15, 0.2) is 0 Å². The lowest BCUT2D eigenvalue weighted by Gasteiger charge is -2.18. The molecule has 0 bridgehead atoms. The second-order valence-corrected chi connectivity index (χ2v) is 11.0. The van der Waals surface area contributed by atoms with Crippen molar-refractivity contribution >= 4 is 21.6 Å². The normalized spacial score (nSPS) is 13.0. The van der Waals surface area contributed by atoms with Crippen molar-refractivity contribution in [3.05, 3.63) is 107 Å². The molecule has 0 aliphatic rings. The summed E-state index contributed by atoms with van der Waals surface area (Å²) in [4.78, 5) is 3.00. The third kappa shape index (κ3) is 4.38. The van der Waals surface area contributed by atoms with E-state index in [2.05, 4.69) is 0 Å². The second-order valence-electron chi connectivity index (χ2n) is 8.06. The molecule has 162 valence electrons. The maximum atomic E-state index is 13.6. The average molecular weight is 459 g/mol. The molecule has 2 nitrogen and oxygen atoms in total. The summed E-state index contributed by atoms with van der Waals surface area (Å²) in [6.07, 6.45) is 0. The van der Waals surface area contributed by atoms with Crippen LogP contribution in [-0.4, -0.2) is 8.42 Å². The topological polar surface area (TPSA) is 34.1 Å². The first-order valence-corrected chi connectivity index (χ1v) is 12.8. The summed E-state index contributed by atoms with van der Waals surface area (Å²) >= 11 is 0. The Labute approximate surface area is 195 Å². The SMILES string of the molecule is Cc1ccc(S(=O)c2cccc(C)c2-c2c(C)cccc2S(=O)c2ccc(C)cc2)cc1. The third-order valence-corrected chi connectivity index (χ3v) is 8.47. The van der Waals surface area contributed by atoms with E-state index in [4.69, 9.17) is 0 Å². The Hall–Kier alpha value is -2.82. The lowest BCUT2D eigenvalue weighted by molar-refractivity contribution is 0.681. The summed E-state index contributed by atoms with van der Waals surface area (Å²) in [5.74, 6) is 0. The largest absolute Gasteiger partial charge is 0.249 e. The van der Waals surface area contributed by atoms with Crippen LogP contribution >= 0.6 is 0 Å². The number of rotatable bonds is 5. The van der Waals surface area contributed by atoms with Gasteiger partial charge < -0.3 is 0 Å². The van der Waals surface area contributed by atoms with E-state index in [1.54, 1.807) is 0 Å². The zero-order valence-corrected chi connectivity index (χ0v) is 20.3. The van der Waals surface area contributed by atoms with Gasteiger partial charge in [-0.1, -0.05) is 59.7 Å². The number of benzene rings is 4. The Morgan fingerprint density at radius 1 is 0.469 bits per heavy atom. The Bertz CT molecular complexity index is 1220. The summed E-state index contributed by atoms with van der Waals surface area (Å²) < 4.78 is 27.3. The van der Waals surface area contributed by atoms with Gasteiger partial charge in [0, 0.05) is 20.9 Å². The van der Waals surface area contributed by atoms with Gasteiger partial charge in [0.25, 0.3) is 0 Å². The van der Waals surface area contributed by atoms with Crippen LogP contribution in [0.3, 0.4) is 0 Å². The number of aryl methyl sites for hydroxylation is 4. The van der Waals surface area contributed by atoms with Crippen molar-refractivity contribution in [1.29, 1.82) is 0 Å². The minimum Gasteiger partial charge on any atom is -0.249 e. The van der Waals surface area contributed by atoms with Crippen molar-refractivity contribution < 1.29 is 8.42 Å². The molecular formula is C28H26O2S2. The Balaban J connectivity index is 1.91. The molecule has 0 aliphatic heterocycles. The molecule has 32 heavy (non-hydrogen) atoms. The molecule has 0 aliphatic carbocycles. The minimum absolute atomic E-state index is 0.741. The van der Waals surface area contributed by atoms with Crippen LogP contribution in [0.25, 0.3) is 11.1 Å². The van der Waals surface area contributed by atoms with Crippen molar-refractivity contribution in [1.82, 2.24) is 0 Å². The van der Waals surface area contributed by atoms with Gasteiger partial charge in [0.1, 0.15) is 0 Å². The standard InChI is InChI=1S/C28H26O2S2/c1-19-11-15-23(16-12-19)31(29)25-9-5-7-21(3)27(25)28-22(4)8-6-10-26(28)32(30)24-17-13-20(2)14-18-24/h5-18H,1-4H3. The molecule has 0 saturated heterocycles. The van der Waals surface area contributed by atoms with E-state index in [9.17, 15) is 8.42 Å². The summed E-state index contributed by atoms with van der Waals surface area (Å²) in [5, 5.41) is 0. The van der Waals surface area contributed by atoms with Crippen LogP contribution in [0, 0.1) is 27.7 Å². The summed E-state index contributed by atoms with van der Waals surface area (Å²) in [5.41, 5.74) is 6.09. The quantitative estimate of drug-likeness (QED) is 0.325. The highest BCUT2D eigenvalue weighted by Gasteiger charge is 2.22. The zero-order valence-electron chi connectivity index (χ0n) is 18.7. The van der Waals surface area contributed by atoms with Gasteiger partial charge in [-0.05, 0) is 75.2 Å². The van der Waals surface area contributed by atoms with Gasteiger partial charge in [-0.15, -0.1) is 0 Å². The molecule has 0 aromatic heterocycles. The predicted octanol–water partition coefficient (Wildman–Crippen LogP) is 6.92. The van der Waals surface area contributed by atoms with Crippen LogP contribution in [0.15, 0.2) is 105 Å². The molecule has 2 atom stereocenters. The van der Waals surface area contributed by atoms with Crippen molar-refractivity contribution in [3.8, 4) is 11.1 Å². The lowest BCUT2D eigenvalue weighted by atomic mass is 9.96. The van der Waals surface area contributed by atoms with Crippen molar-refractivity contribution in [2.75, 3.05) is 0 Å². The maximum absolute atomic E-state index is 13.6. The predicted molar refractivity (Wildman–Crippen MR) is 133 cm³/mol. The molecular weight excluding hydrogens is 432 g/mol. The van der Waals surface area contributed by atoms with Gasteiger partial charge in [-0.3, -0.25) is 0 Å². The minimum atomic E-state index is -1.35. The van der Waals surface area contributed by atoms with E-state index in [-0.39, 0.29) is 0 Å². The van der Waals surface area contributed by atoms with Crippen molar-refractivity contribution in [3.63, 3.8) is 0 Å². The molecule has 4 aromatic carbocycles. The maximum Gasteiger partial charge on any atom is 0.0856 e. The average Bonchev–Trinajstić information content (AvgIpc) is 2.79. The molecule has 0 radical (unpaired) electrons. The molecule has 0 heterocycles. The van der Waals surface area contributed by atoms with E-state index in [0.29, 0.717) is 0 Å². The molecule has 0 saturated carbocycles. The van der Waals surface area contributed by atoms with Crippen LogP contribution in [0.2, 0.25) is 0 Å². The Morgan fingerprint density at radius 3 is 1.16 bits per heavy atom. The second kappa shape index (κ2) is 9.35. The summed E-state index contributed by atoms with van der Waals surface area (Å²) in [6, 6.07) is 27.4. The number of hydrogen-bond acceptors (Lipinski definition) is 2. The van der Waals surface area contributed by atoms with Gasteiger partial charge in [-0.2, -0.15) is 0 Å². The monoisotopic (exact) mass is 458 g/mol.